The number of nitrogens with zero attached hydrogens (tertiary/aromatic N) is 2. The minimum absolute atomic E-state index is 0.0190. The lowest BCUT2D eigenvalue weighted by molar-refractivity contribution is -0.116. The van der Waals surface area contributed by atoms with Gasteiger partial charge in [0, 0.05) is 0 Å². The predicted octanol–water partition coefficient (Wildman–Crippen LogP) is 0.0887. The van der Waals surface area contributed by atoms with Crippen LogP contribution in [-0.4, -0.2) is 21.2 Å². The van der Waals surface area contributed by atoms with E-state index in [-0.39, 0.29) is 11.7 Å². The van der Waals surface area contributed by atoms with Crippen LogP contribution in [0.1, 0.15) is 0 Å². The Balaban J connectivity index is 2.51. The average Bonchev–Trinajstić information content (AvgIpc) is 2.31. The number of rotatable bonds is 3. The van der Waals surface area contributed by atoms with E-state index in [9.17, 15) is 4.79 Å². The van der Waals surface area contributed by atoms with E-state index in [0.29, 0.717) is 5.82 Å². The van der Waals surface area contributed by atoms with Crippen molar-refractivity contribution in [1.29, 1.82) is 0 Å². The summed E-state index contributed by atoms with van der Waals surface area (Å²) >= 11 is 6.52. The maximum atomic E-state index is 10.3. The highest BCUT2D eigenvalue weighted by atomic mass is 35.5. The van der Waals surface area contributed by atoms with Crippen LogP contribution in [0.5, 0.6) is 0 Å². The molecule has 0 fully saturated rings. The van der Waals surface area contributed by atoms with Crippen molar-refractivity contribution in [3.8, 4) is 0 Å². The Labute approximate surface area is 71.9 Å². The maximum Gasteiger partial charge on any atom is 0.236 e. The Hall–Kier alpha value is -0.880. The average molecular weight is 193 g/mol. The third kappa shape index (κ3) is 2.32. The Morgan fingerprint density at radius 3 is 2.91 bits per heavy atom. The van der Waals surface area contributed by atoms with Gasteiger partial charge >= 0.3 is 0 Å². The first-order valence-corrected chi connectivity index (χ1v) is 3.81. The summed E-state index contributed by atoms with van der Waals surface area (Å²) in [4.78, 5) is 10.3. The van der Waals surface area contributed by atoms with Gasteiger partial charge < -0.3 is 11.1 Å². The predicted molar refractivity (Wildman–Crippen MR) is 42.6 cm³/mol. The van der Waals surface area contributed by atoms with Crippen LogP contribution >= 0.6 is 23.3 Å². The van der Waals surface area contributed by atoms with Gasteiger partial charge in [-0.2, -0.15) is 8.75 Å². The van der Waals surface area contributed by atoms with Crippen molar-refractivity contribution in [3.05, 3.63) is 5.15 Å². The third-order valence-corrected chi connectivity index (χ3v) is 1.77. The number of primary amides is 1. The normalized spacial score (nSPS) is 9.55. The minimum Gasteiger partial charge on any atom is -0.368 e. The Kier molecular flexibility index (Phi) is 2.61. The van der Waals surface area contributed by atoms with Crippen molar-refractivity contribution in [2.45, 2.75) is 0 Å². The van der Waals surface area contributed by atoms with E-state index in [2.05, 4.69) is 14.1 Å². The van der Waals surface area contributed by atoms with Crippen molar-refractivity contribution in [1.82, 2.24) is 8.75 Å². The van der Waals surface area contributed by atoms with Crippen LogP contribution in [0, 0.1) is 0 Å². The van der Waals surface area contributed by atoms with Crippen molar-refractivity contribution in [3.63, 3.8) is 0 Å². The van der Waals surface area contributed by atoms with Crippen molar-refractivity contribution in [2.75, 3.05) is 11.9 Å². The highest BCUT2D eigenvalue weighted by molar-refractivity contribution is 6.99. The zero-order valence-corrected chi connectivity index (χ0v) is 6.95. The number of hydrogen-bond acceptors (Lipinski definition) is 5. The summed E-state index contributed by atoms with van der Waals surface area (Å²) in [7, 11) is 0. The van der Waals surface area contributed by atoms with Crippen LogP contribution in [0.2, 0.25) is 5.15 Å². The van der Waals surface area contributed by atoms with Crippen LogP contribution in [0.15, 0.2) is 0 Å². The van der Waals surface area contributed by atoms with Crippen LogP contribution in [0.4, 0.5) is 5.82 Å². The summed E-state index contributed by atoms with van der Waals surface area (Å²) < 4.78 is 7.44. The van der Waals surface area contributed by atoms with Gasteiger partial charge in [0.1, 0.15) is 0 Å². The number of halogens is 1. The second-order valence-corrected chi connectivity index (χ2v) is 2.61. The standard InChI is InChI=1S/C4H5ClN4OS/c5-3-4(9-11-8-3)7-1-2(6)10/h1H2,(H2,6,10)(H,7,9). The fourth-order valence-corrected chi connectivity index (χ4v) is 1.14. The van der Waals surface area contributed by atoms with E-state index in [1.807, 2.05) is 0 Å². The van der Waals surface area contributed by atoms with Gasteiger partial charge in [-0.1, -0.05) is 11.6 Å². The lowest BCUT2D eigenvalue weighted by Gasteiger charge is -1.96. The first-order valence-electron chi connectivity index (χ1n) is 2.70. The van der Waals surface area contributed by atoms with Crippen molar-refractivity contribution < 1.29 is 4.79 Å². The van der Waals surface area contributed by atoms with Crippen LogP contribution in [0.3, 0.4) is 0 Å². The SMILES string of the molecule is NC(=O)CNc1nsnc1Cl. The molecule has 0 atom stereocenters. The number of carbonyl (C=O) groups is 1. The lowest BCUT2D eigenvalue weighted by Crippen LogP contribution is -2.21. The van der Waals surface area contributed by atoms with E-state index >= 15 is 0 Å². The van der Waals surface area contributed by atoms with Crippen LogP contribution in [-0.2, 0) is 4.79 Å². The molecule has 1 rings (SSSR count). The van der Waals surface area contributed by atoms with Gasteiger partial charge in [0.05, 0.1) is 18.3 Å². The van der Waals surface area contributed by atoms with E-state index in [1.165, 1.54) is 0 Å². The van der Waals surface area contributed by atoms with Gasteiger partial charge in [-0.25, -0.2) is 0 Å². The molecule has 0 saturated heterocycles. The molecule has 0 aromatic carbocycles. The molecule has 1 aromatic heterocycles. The van der Waals surface area contributed by atoms with Crippen molar-refractivity contribution >= 4 is 35.1 Å². The summed E-state index contributed by atoms with van der Waals surface area (Å²) in [6.07, 6.45) is 0. The number of nitrogens with two attached hydrogens (primary N) is 1. The fourth-order valence-electron chi connectivity index (χ4n) is 0.454. The molecule has 1 heterocycles. The molecule has 0 unspecified atom stereocenters. The molecule has 11 heavy (non-hydrogen) atoms. The molecule has 7 heteroatoms. The zero-order valence-electron chi connectivity index (χ0n) is 5.37. The first kappa shape index (κ1) is 8.22. The largest absolute Gasteiger partial charge is 0.368 e. The van der Waals surface area contributed by atoms with Gasteiger partial charge in [0.25, 0.3) is 0 Å². The molecule has 1 amide bonds. The van der Waals surface area contributed by atoms with E-state index in [4.69, 9.17) is 17.3 Å². The number of aromatic nitrogens is 2. The summed E-state index contributed by atoms with van der Waals surface area (Å²) in [5.41, 5.74) is 4.87. The minimum atomic E-state index is -0.464. The quantitative estimate of drug-likeness (QED) is 0.711. The summed E-state index contributed by atoms with van der Waals surface area (Å²) in [5.74, 6) is -0.0652. The van der Waals surface area contributed by atoms with Crippen LogP contribution < -0.4 is 11.1 Å². The molecular formula is C4H5ClN4OS. The molecule has 0 aliphatic rings. The number of hydrogen-bond donors (Lipinski definition) is 2. The molecule has 0 aliphatic heterocycles. The Morgan fingerprint density at radius 2 is 2.45 bits per heavy atom. The highest BCUT2D eigenvalue weighted by Crippen LogP contribution is 2.16. The van der Waals surface area contributed by atoms with E-state index < -0.39 is 5.91 Å². The summed E-state index contributed by atoms with van der Waals surface area (Å²) in [6, 6.07) is 0. The second-order valence-electron chi connectivity index (χ2n) is 1.72. The maximum absolute atomic E-state index is 10.3. The molecule has 0 saturated carbocycles. The van der Waals surface area contributed by atoms with Crippen LogP contribution in [0.25, 0.3) is 0 Å². The monoisotopic (exact) mass is 192 g/mol. The molecule has 5 nitrogen and oxygen atoms in total. The lowest BCUT2D eigenvalue weighted by atomic mass is 10.6. The third-order valence-electron chi connectivity index (χ3n) is 0.879. The molecule has 0 bridgehead atoms. The van der Waals surface area contributed by atoms with Gasteiger partial charge in [-0.3, -0.25) is 4.79 Å². The van der Waals surface area contributed by atoms with E-state index in [0.717, 1.165) is 11.7 Å². The number of anilines is 1. The second kappa shape index (κ2) is 3.49. The van der Waals surface area contributed by atoms with E-state index in [1.54, 1.807) is 0 Å². The Morgan fingerprint density at radius 1 is 1.73 bits per heavy atom. The summed E-state index contributed by atoms with van der Waals surface area (Å²) in [6.45, 7) is 0.0190. The Bertz CT molecular complexity index is 262. The molecule has 60 valence electrons. The number of nitrogens with one attached hydrogen (secondary N) is 1. The number of carbonyl (C=O) groups excluding carboxylic acids is 1. The molecule has 0 radical (unpaired) electrons. The van der Waals surface area contributed by atoms with Gasteiger partial charge in [0.2, 0.25) is 5.91 Å². The highest BCUT2D eigenvalue weighted by Gasteiger charge is 2.04. The molecule has 1 aromatic rings. The fraction of sp³-hybridized carbons (Fsp3) is 0.250. The molecule has 3 N–H and O–H groups in total. The first-order chi connectivity index (χ1) is 5.20. The molecular weight excluding hydrogens is 188 g/mol. The smallest absolute Gasteiger partial charge is 0.236 e. The zero-order chi connectivity index (χ0) is 8.27. The molecule has 0 spiro atoms. The topological polar surface area (TPSA) is 80.9 Å². The summed E-state index contributed by atoms with van der Waals surface area (Å²) in [5, 5.41) is 2.88. The molecule has 0 aliphatic carbocycles. The number of amides is 1. The van der Waals surface area contributed by atoms with Gasteiger partial charge in [0.15, 0.2) is 11.0 Å². The van der Waals surface area contributed by atoms with Gasteiger partial charge in [-0.05, 0) is 0 Å². The van der Waals surface area contributed by atoms with Crippen molar-refractivity contribution in [2.24, 2.45) is 5.73 Å². The van der Waals surface area contributed by atoms with Gasteiger partial charge in [-0.15, -0.1) is 0 Å².